The lowest BCUT2D eigenvalue weighted by atomic mass is 9.82. The van der Waals surface area contributed by atoms with Crippen LogP contribution in [0.3, 0.4) is 0 Å². The van der Waals surface area contributed by atoms with Gasteiger partial charge in [-0.15, -0.1) is 0 Å². The van der Waals surface area contributed by atoms with Gasteiger partial charge in [0.05, 0.1) is 0 Å². The van der Waals surface area contributed by atoms with Crippen LogP contribution in [0.5, 0.6) is 0 Å². The smallest absolute Gasteiger partial charge is 0.143 e. The third-order valence-electron chi connectivity index (χ3n) is 12.6. The van der Waals surface area contributed by atoms with Gasteiger partial charge in [0.2, 0.25) is 0 Å². The number of fused-ring (bicyclic) bond motifs is 12. The zero-order valence-electron chi connectivity index (χ0n) is 31.2. The van der Waals surface area contributed by atoms with Crippen LogP contribution in [0.15, 0.2) is 186 Å². The Balaban J connectivity index is 1.04. The normalized spacial score (nSPS) is 13.3. The van der Waals surface area contributed by atoms with Crippen molar-refractivity contribution in [1.29, 1.82) is 0 Å². The van der Waals surface area contributed by atoms with Crippen molar-refractivity contribution in [3.05, 3.63) is 193 Å². The fourth-order valence-corrected chi connectivity index (χ4v) is 10.1. The second-order valence-corrected chi connectivity index (χ2v) is 16.0. The molecule has 1 aliphatic rings. The van der Waals surface area contributed by atoms with Crippen LogP contribution in [-0.4, -0.2) is 0 Å². The number of rotatable bonds is 3. The average Bonchev–Trinajstić information content (AvgIpc) is 3.74. The Morgan fingerprint density at radius 2 is 0.875 bits per heavy atom. The molecule has 0 fully saturated rings. The molecule has 0 aliphatic heterocycles. The van der Waals surface area contributed by atoms with Crippen LogP contribution in [0.4, 0.5) is 0 Å². The van der Waals surface area contributed by atoms with Crippen LogP contribution in [0.25, 0.3) is 110 Å². The Morgan fingerprint density at radius 1 is 0.339 bits per heavy atom. The highest BCUT2D eigenvalue weighted by molar-refractivity contribution is 6.23. The molecule has 262 valence electrons. The first-order valence-electron chi connectivity index (χ1n) is 19.6. The first-order valence-corrected chi connectivity index (χ1v) is 19.6. The highest BCUT2D eigenvalue weighted by Gasteiger charge is 2.38. The van der Waals surface area contributed by atoms with E-state index in [-0.39, 0.29) is 5.41 Å². The molecule has 1 aromatic heterocycles. The molecular weight excluding hydrogens is 677 g/mol. The van der Waals surface area contributed by atoms with Crippen LogP contribution in [0.2, 0.25) is 0 Å². The molecule has 0 saturated heterocycles. The summed E-state index contributed by atoms with van der Waals surface area (Å²) in [6, 6.07) is 67.1. The monoisotopic (exact) mass is 712 g/mol. The lowest BCUT2D eigenvalue weighted by molar-refractivity contribution is 0.621. The average molecular weight is 713 g/mol. The maximum absolute atomic E-state index is 6.99. The molecule has 1 aliphatic carbocycles. The standard InChI is InChI=1S/C55H36O/c1-55(2)49-22-12-11-16-39(49)44-29-30-46-48-32-47(38-15-5-10-21-45(38)53(48)56-54(46)52(44)55)34-24-26-35(27-25-34)50-40-17-6-8-19-42(40)51(43-20-9-7-18-41(43)50)37-28-23-33-13-3-4-14-36(33)31-37/h3-32H,1-2H3. The van der Waals surface area contributed by atoms with Crippen LogP contribution in [0.1, 0.15) is 25.0 Å². The van der Waals surface area contributed by atoms with Crippen LogP contribution < -0.4 is 0 Å². The minimum Gasteiger partial charge on any atom is -0.455 e. The highest BCUT2D eigenvalue weighted by atomic mass is 16.3. The molecule has 0 unspecified atom stereocenters. The van der Waals surface area contributed by atoms with Crippen molar-refractivity contribution in [2.75, 3.05) is 0 Å². The SMILES string of the molecule is CC1(C)c2ccccc2-c2ccc3c(oc4c5ccccc5c(-c5ccc(-c6c7ccccc7c(-c7ccc8ccccc8c7)c7ccccc67)cc5)cc34)c21. The van der Waals surface area contributed by atoms with Gasteiger partial charge in [0.1, 0.15) is 11.2 Å². The first kappa shape index (κ1) is 31.4. The summed E-state index contributed by atoms with van der Waals surface area (Å²) in [5.41, 5.74) is 14.4. The van der Waals surface area contributed by atoms with Crippen molar-refractivity contribution >= 4 is 65.0 Å². The Morgan fingerprint density at radius 3 is 1.59 bits per heavy atom. The zero-order chi connectivity index (χ0) is 37.1. The van der Waals surface area contributed by atoms with Crippen LogP contribution >= 0.6 is 0 Å². The van der Waals surface area contributed by atoms with E-state index in [1.165, 1.54) is 98.7 Å². The number of furan rings is 1. The van der Waals surface area contributed by atoms with Gasteiger partial charge in [0.25, 0.3) is 0 Å². The molecule has 0 bridgehead atoms. The van der Waals surface area contributed by atoms with Gasteiger partial charge < -0.3 is 4.42 Å². The van der Waals surface area contributed by atoms with Gasteiger partial charge in [-0.05, 0) is 106 Å². The summed E-state index contributed by atoms with van der Waals surface area (Å²) in [5.74, 6) is 0. The fraction of sp³-hybridized carbons (Fsp3) is 0.0545. The predicted molar refractivity (Wildman–Crippen MR) is 238 cm³/mol. The third kappa shape index (κ3) is 4.31. The minimum atomic E-state index is -0.157. The molecule has 0 spiro atoms. The maximum Gasteiger partial charge on any atom is 0.143 e. The van der Waals surface area contributed by atoms with E-state index in [4.69, 9.17) is 4.42 Å². The topological polar surface area (TPSA) is 13.1 Å². The van der Waals surface area contributed by atoms with Crippen molar-refractivity contribution in [2.24, 2.45) is 0 Å². The van der Waals surface area contributed by atoms with Crippen molar-refractivity contribution in [1.82, 2.24) is 0 Å². The third-order valence-corrected chi connectivity index (χ3v) is 12.6. The molecule has 10 aromatic carbocycles. The largest absolute Gasteiger partial charge is 0.455 e. The quantitative estimate of drug-likeness (QED) is 0.166. The summed E-state index contributed by atoms with van der Waals surface area (Å²) in [5, 5.41) is 12.2. The molecule has 1 nitrogen and oxygen atoms in total. The van der Waals surface area contributed by atoms with Gasteiger partial charge in [0, 0.05) is 27.1 Å². The molecule has 56 heavy (non-hydrogen) atoms. The summed E-state index contributed by atoms with van der Waals surface area (Å²) in [7, 11) is 0. The van der Waals surface area contributed by atoms with Gasteiger partial charge >= 0.3 is 0 Å². The lowest BCUT2D eigenvalue weighted by Crippen LogP contribution is -2.15. The Labute approximate surface area is 325 Å². The van der Waals surface area contributed by atoms with E-state index in [9.17, 15) is 0 Å². The van der Waals surface area contributed by atoms with Crippen molar-refractivity contribution in [3.63, 3.8) is 0 Å². The molecule has 0 saturated carbocycles. The zero-order valence-corrected chi connectivity index (χ0v) is 31.2. The van der Waals surface area contributed by atoms with Gasteiger partial charge in [-0.2, -0.15) is 0 Å². The van der Waals surface area contributed by atoms with Crippen molar-refractivity contribution in [2.45, 2.75) is 19.3 Å². The van der Waals surface area contributed by atoms with E-state index in [1.807, 2.05) is 0 Å². The molecule has 0 N–H and O–H groups in total. The molecular formula is C55H36O. The Hall–Kier alpha value is -6.96. The number of benzene rings is 10. The number of hydrogen-bond acceptors (Lipinski definition) is 1. The van der Waals surface area contributed by atoms with Gasteiger partial charge in [0.15, 0.2) is 0 Å². The molecule has 0 radical (unpaired) electrons. The fourth-order valence-electron chi connectivity index (χ4n) is 10.1. The van der Waals surface area contributed by atoms with Crippen LogP contribution in [-0.2, 0) is 5.41 Å². The highest BCUT2D eigenvalue weighted by Crippen LogP contribution is 2.53. The molecule has 1 heterocycles. The molecule has 11 aromatic rings. The van der Waals surface area contributed by atoms with Gasteiger partial charge in [-0.3, -0.25) is 0 Å². The van der Waals surface area contributed by atoms with E-state index in [0.717, 1.165) is 21.9 Å². The minimum absolute atomic E-state index is 0.157. The molecule has 1 heteroatoms. The maximum atomic E-state index is 6.99. The molecule has 0 atom stereocenters. The summed E-state index contributed by atoms with van der Waals surface area (Å²) in [4.78, 5) is 0. The molecule has 0 amide bonds. The van der Waals surface area contributed by atoms with E-state index in [2.05, 4.69) is 196 Å². The summed E-state index contributed by atoms with van der Waals surface area (Å²) in [6.45, 7) is 4.66. The van der Waals surface area contributed by atoms with Gasteiger partial charge in [-0.1, -0.05) is 178 Å². The predicted octanol–water partition coefficient (Wildman–Crippen LogP) is 15.5. The second-order valence-electron chi connectivity index (χ2n) is 16.0. The van der Waals surface area contributed by atoms with Crippen LogP contribution in [0, 0.1) is 0 Å². The number of hydrogen-bond donors (Lipinski definition) is 0. The Bertz CT molecular complexity index is 3370. The first-order chi connectivity index (χ1) is 27.5. The van der Waals surface area contributed by atoms with Gasteiger partial charge in [-0.25, -0.2) is 0 Å². The summed E-state index contributed by atoms with van der Waals surface area (Å²) < 4.78 is 6.99. The van der Waals surface area contributed by atoms with E-state index in [1.54, 1.807) is 0 Å². The van der Waals surface area contributed by atoms with Crippen molar-refractivity contribution in [3.8, 4) is 44.5 Å². The summed E-state index contributed by atoms with van der Waals surface area (Å²) >= 11 is 0. The van der Waals surface area contributed by atoms with E-state index >= 15 is 0 Å². The lowest BCUT2D eigenvalue weighted by Gasteiger charge is -2.21. The Kier molecular flexibility index (Phi) is 6.46. The summed E-state index contributed by atoms with van der Waals surface area (Å²) in [6.07, 6.45) is 0. The molecule has 12 rings (SSSR count). The van der Waals surface area contributed by atoms with Crippen molar-refractivity contribution < 1.29 is 4.42 Å². The second kappa shape index (κ2) is 11.5. The van der Waals surface area contributed by atoms with E-state index in [0.29, 0.717) is 0 Å². The van der Waals surface area contributed by atoms with E-state index < -0.39 is 0 Å².